The molecule has 2 amide bonds. The number of aromatic nitrogens is 3. The van der Waals surface area contributed by atoms with Crippen molar-refractivity contribution in [3.05, 3.63) is 83.7 Å². The van der Waals surface area contributed by atoms with Crippen molar-refractivity contribution in [2.24, 2.45) is 0 Å². The predicted octanol–water partition coefficient (Wildman–Crippen LogP) is 1.40. The van der Waals surface area contributed by atoms with E-state index in [4.69, 9.17) is 0 Å². The lowest BCUT2D eigenvalue weighted by Crippen LogP contribution is -2.41. The van der Waals surface area contributed by atoms with E-state index in [2.05, 4.69) is 21.2 Å². The van der Waals surface area contributed by atoms with Crippen LogP contribution in [0.4, 0.5) is 0 Å². The smallest absolute Gasteiger partial charge is 0.267 e. The van der Waals surface area contributed by atoms with Gasteiger partial charge in [0.25, 0.3) is 11.8 Å². The van der Waals surface area contributed by atoms with Gasteiger partial charge in [-0.25, -0.2) is 4.68 Å². The Morgan fingerprint density at radius 3 is 2.21 bits per heavy atom. The molecular weight excluding hydrogens is 306 g/mol. The fraction of sp³-hybridized carbons (Fsp3) is 0.0588. The second-order valence-electron chi connectivity index (χ2n) is 5.06. The zero-order chi connectivity index (χ0) is 16.8. The summed E-state index contributed by atoms with van der Waals surface area (Å²) in [7, 11) is 0. The minimum Gasteiger partial charge on any atom is -0.267 e. The quantitative estimate of drug-likeness (QED) is 0.711. The highest BCUT2D eigenvalue weighted by Gasteiger charge is 2.12. The Kier molecular flexibility index (Phi) is 4.62. The summed E-state index contributed by atoms with van der Waals surface area (Å²) in [6.45, 7) is 0.511. The van der Waals surface area contributed by atoms with Crippen molar-refractivity contribution in [1.82, 2.24) is 25.8 Å². The second-order valence-corrected chi connectivity index (χ2v) is 5.06. The maximum Gasteiger partial charge on any atom is 0.291 e. The number of nitrogens with zero attached hydrogens (tertiary/aromatic N) is 3. The molecule has 0 radical (unpaired) electrons. The standard InChI is InChI=1S/C17H15N5O2/c23-16(14-9-5-2-6-10-14)19-20-17(24)15-12-22(21-18-15)11-13-7-3-1-4-8-13/h1-10,12H,11H2,(H,19,23)(H,20,24). The Balaban J connectivity index is 1.57. The molecule has 0 aliphatic rings. The largest absolute Gasteiger partial charge is 0.291 e. The van der Waals surface area contributed by atoms with E-state index < -0.39 is 11.8 Å². The van der Waals surface area contributed by atoms with Crippen LogP contribution >= 0.6 is 0 Å². The van der Waals surface area contributed by atoms with Crippen molar-refractivity contribution in [2.45, 2.75) is 6.54 Å². The number of hydrogen-bond acceptors (Lipinski definition) is 4. The molecule has 0 spiro atoms. The summed E-state index contributed by atoms with van der Waals surface area (Å²) in [5.41, 5.74) is 6.28. The first-order valence-corrected chi connectivity index (χ1v) is 7.32. The highest BCUT2D eigenvalue weighted by molar-refractivity contribution is 5.98. The van der Waals surface area contributed by atoms with Gasteiger partial charge in [-0.2, -0.15) is 0 Å². The van der Waals surface area contributed by atoms with Crippen molar-refractivity contribution in [3.63, 3.8) is 0 Å². The molecule has 0 bridgehead atoms. The second kappa shape index (κ2) is 7.19. The third-order valence-corrected chi connectivity index (χ3v) is 3.28. The van der Waals surface area contributed by atoms with Crippen LogP contribution < -0.4 is 10.9 Å². The number of hydrogen-bond donors (Lipinski definition) is 2. The van der Waals surface area contributed by atoms with Crippen LogP contribution in [0.5, 0.6) is 0 Å². The molecule has 0 fully saturated rings. The third-order valence-electron chi connectivity index (χ3n) is 3.28. The van der Waals surface area contributed by atoms with Crippen LogP contribution in [0, 0.1) is 0 Å². The first-order valence-electron chi connectivity index (χ1n) is 7.32. The Labute approximate surface area is 138 Å². The molecule has 120 valence electrons. The summed E-state index contributed by atoms with van der Waals surface area (Å²) in [5, 5.41) is 7.72. The van der Waals surface area contributed by atoms with Gasteiger partial charge in [0.05, 0.1) is 12.7 Å². The van der Waals surface area contributed by atoms with Gasteiger partial charge < -0.3 is 0 Å². The topological polar surface area (TPSA) is 88.9 Å². The third kappa shape index (κ3) is 3.83. The summed E-state index contributed by atoms with van der Waals surface area (Å²) in [5.74, 6) is -0.931. The number of benzene rings is 2. The molecule has 0 aliphatic heterocycles. The molecule has 24 heavy (non-hydrogen) atoms. The molecule has 3 aromatic rings. The summed E-state index contributed by atoms with van der Waals surface area (Å²) >= 11 is 0. The first-order chi connectivity index (χ1) is 11.7. The Hall–Kier alpha value is -3.48. The van der Waals surface area contributed by atoms with Crippen LogP contribution in [0.15, 0.2) is 66.9 Å². The molecule has 0 saturated heterocycles. The van der Waals surface area contributed by atoms with E-state index in [1.165, 1.54) is 6.20 Å². The van der Waals surface area contributed by atoms with E-state index in [-0.39, 0.29) is 5.69 Å². The van der Waals surface area contributed by atoms with Crippen LogP contribution in [0.25, 0.3) is 0 Å². The van der Waals surface area contributed by atoms with Crippen molar-refractivity contribution >= 4 is 11.8 Å². The van der Waals surface area contributed by atoms with Crippen LogP contribution in [-0.4, -0.2) is 26.8 Å². The zero-order valence-electron chi connectivity index (χ0n) is 12.7. The van der Waals surface area contributed by atoms with Gasteiger partial charge in [0.15, 0.2) is 5.69 Å². The van der Waals surface area contributed by atoms with Gasteiger partial charge in [-0.3, -0.25) is 20.4 Å². The van der Waals surface area contributed by atoms with Gasteiger partial charge in [0.2, 0.25) is 0 Å². The monoisotopic (exact) mass is 321 g/mol. The Morgan fingerprint density at radius 2 is 1.50 bits per heavy atom. The van der Waals surface area contributed by atoms with E-state index in [1.54, 1.807) is 35.0 Å². The SMILES string of the molecule is O=C(NNC(=O)c1cn(Cc2ccccc2)nn1)c1ccccc1. The van der Waals surface area contributed by atoms with Crippen molar-refractivity contribution in [1.29, 1.82) is 0 Å². The fourth-order valence-electron chi connectivity index (χ4n) is 2.09. The molecule has 2 aromatic carbocycles. The van der Waals surface area contributed by atoms with Crippen LogP contribution in [0.1, 0.15) is 26.4 Å². The average molecular weight is 321 g/mol. The molecule has 0 saturated carbocycles. The van der Waals surface area contributed by atoms with E-state index in [0.717, 1.165) is 5.56 Å². The van der Waals surface area contributed by atoms with Gasteiger partial charge in [-0.15, -0.1) is 5.10 Å². The molecule has 0 unspecified atom stereocenters. The lowest BCUT2D eigenvalue weighted by Gasteiger charge is -2.05. The Bertz CT molecular complexity index is 830. The number of amides is 2. The fourth-order valence-corrected chi connectivity index (χ4v) is 2.09. The first kappa shape index (κ1) is 15.4. The molecule has 3 rings (SSSR count). The van der Waals surface area contributed by atoms with Gasteiger partial charge >= 0.3 is 0 Å². The molecule has 7 nitrogen and oxygen atoms in total. The summed E-state index contributed by atoms with van der Waals surface area (Å²) in [6.07, 6.45) is 1.52. The number of carbonyl (C=O) groups excluding carboxylic acids is 2. The van der Waals surface area contributed by atoms with E-state index in [0.29, 0.717) is 12.1 Å². The number of nitrogens with one attached hydrogen (secondary N) is 2. The van der Waals surface area contributed by atoms with Gasteiger partial charge in [0, 0.05) is 5.56 Å². The lowest BCUT2D eigenvalue weighted by atomic mass is 10.2. The van der Waals surface area contributed by atoms with E-state index >= 15 is 0 Å². The van der Waals surface area contributed by atoms with Gasteiger partial charge in [0.1, 0.15) is 0 Å². The average Bonchev–Trinajstić information content (AvgIpc) is 3.09. The van der Waals surface area contributed by atoms with Crippen molar-refractivity contribution in [2.75, 3.05) is 0 Å². The molecular formula is C17H15N5O2. The van der Waals surface area contributed by atoms with Gasteiger partial charge in [-0.1, -0.05) is 53.7 Å². The molecule has 1 heterocycles. The predicted molar refractivity (Wildman–Crippen MR) is 86.9 cm³/mol. The lowest BCUT2D eigenvalue weighted by molar-refractivity contribution is 0.0844. The van der Waals surface area contributed by atoms with Crippen molar-refractivity contribution < 1.29 is 9.59 Å². The normalized spacial score (nSPS) is 10.2. The van der Waals surface area contributed by atoms with E-state index in [9.17, 15) is 9.59 Å². The van der Waals surface area contributed by atoms with Crippen LogP contribution in [0.2, 0.25) is 0 Å². The summed E-state index contributed by atoms with van der Waals surface area (Å²) in [4.78, 5) is 23.9. The molecule has 7 heteroatoms. The molecule has 0 atom stereocenters. The molecule has 2 N–H and O–H groups in total. The maximum atomic E-state index is 12.0. The number of rotatable bonds is 4. The maximum absolute atomic E-state index is 12.0. The highest BCUT2D eigenvalue weighted by atomic mass is 16.2. The summed E-state index contributed by atoms with van der Waals surface area (Å²) < 4.78 is 1.56. The zero-order valence-corrected chi connectivity index (χ0v) is 12.7. The molecule has 0 aliphatic carbocycles. The van der Waals surface area contributed by atoms with Crippen LogP contribution in [-0.2, 0) is 6.54 Å². The number of carbonyl (C=O) groups is 2. The number of hydrazine groups is 1. The molecule has 1 aromatic heterocycles. The highest BCUT2D eigenvalue weighted by Crippen LogP contribution is 2.02. The van der Waals surface area contributed by atoms with E-state index in [1.807, 2.05) is 30.3 Å². The van der Waals surface area contributed by atoms with Gasteiger partial charge in [-0.05, 0) is 17.7 Å². The minimum atomic E-state index is -0.529. The summed E-state index contributed by atoms with van der Waals surface area (Å²) in [6, 6.07) is 18.3. The minimum absolute atomic E-state index is 0.124. The van der Waals surface area contributed by atoms with Crippen molar-refractivity contribution in [3.8, 4) is 0 Å². The Morgan fingerprint density at radius 1 is 0.875 bits per heavy atom. The van der Waals surface area contributed by atoms with Crippen LogP contribution in [0.3, 0.4) is 0 Å².